The van der Waals surface area contributed by atoms with Crippen molar-refractivity contribution in [3.8, 4) is 11.5 Å². The molecule has 0 heterocycles. The third-order valence-corrected chi connectivity index (χ3v) is 4.99. The number of rotatable bonds is 10. The first-order chi connectivity index (χ1) is 14.3. The Balaban J connectivity index is 0.000000424. The molecule has 2 rings (SSSR count). The molecule has 0 aliphatic rings. The second-order valence-corrected chi connectivity index (χ2v) is 8.10. The van der Waals surface area contributed by atoms with Gasteiger partial charge in [0, 0.05) is 0 Å². The van der Waals surface area contributed by atoms with Crippen molar-refractivity contribution in [2.75, 3.05) is 20.2 Å². The van der Waals surface area contributed by atoms with Crippen molar-refractivity contribution < 1.29 is 22.7 Å². The smallest absolute Gasteiger partial charge is 0.337 e. The summed E-state index contributed by atoms with van der Waals surface area (Å²) in [4.78, 5) is 11.2. The zero-order valence-corrected chi connectivity index (χ0v) is 18.7. The largest absolute Gasteiger partial charge is 0.465 e. The molecule has 2 aromatic carbocycles. The summed E-state index contributed by atoms with van der Waals surface area (Å²) in [5, 5.41) is 8.55. The average Bonchev–Trinajstić information content (AvgIpc) is 2.74. The molecule has 0 fully saturated rings. The number of unbranched alkanes of at least 4 members (excludes halogenated alkanes) is 2. The number of carbonyl (C=O) groups is 1. The molecule has 0 bridgehead atoms. The van der Waals surface area contributed by atoms with Crippen molar-refractivity contribution in [1.82, 2.24) is 5.32 Å². The third kappa shape index (κ3) is 9.39. The van der Waals surface area contributed by atoms with Crippen LogP contribution in [0.15, 0.2) is 53.4 Å². The Morgan fingerprint density at radius 2 is 1.60 bits per heavy atom. The highest BCUT2D eigenvalue weighted by Gasteiger charge is 2.19. The second-order valence-electron chi connectivity index (χ2n) is 6.57. The molecule has 2 aromatic rings. The molecule has 166 valence electrons. The molecule has 0 unspecified atom stereocenters. The number of primary sulfonamides is 1. The average molecular weight is 437 g/mol. The zero-order valence-electron chi connectivity index (χ0n) is 17.9. The lowest BCUT2D eigenvalue weighted by molar-refractivity contribution is 0.0600. The molecule has 0 spiro atoms. The van der Waals surface area contributed by atoms with Gasteiger partial charge in [-0.05, 0) is 56.3 Å². The van der Waals surface area contributed by atoms with Crippen LogP contribution in [0.2, 0.25) is 0 Å². The van der Waals surface area contributed by atoms with Crippen LogP contribution in [0.25, 0.3) is 0 Å². The van der Waals surface area contributed by atoms with E-state index in [2.05, 4.69) is 23.9 Å². The van der Waals surface area contributed by atoms with Gasteiger partial charge in [0.1, 0.15) is 16.4 Å². The Hall–Kier alpha value is -2.42. The van der Waals surface area contributed by atoms with E-state index in [1.165, 1.54) is 58.0 Å². The molecular weight excluding hydrogens is 404 g/mol. The Labute approximate surface area is 179 Å². The quantitative estimate of drug-likeness (QED) is 0.429. The maximum Gasteiger partial charge on any atom is 0.337 e. The molecule has 0 amide bonds. The van der Waals surface area contributed by atoms with Gasteiger partial charge in [-0.1, -0.05) is 44.9 Å². The van der Waals surface area contributed by atoms with Gasteiger partial charge in [-0.15, -0.1) is 0 Å². The lowest BCUT2D eigenvalue weighted by atomic mass is 10.2. The number of hydrogen-bond donors (Lipinski definition) is 2. The van der Waals surface area contributed by atoms with Crippen LogP contribution in [0.5, 0.6) is 11.5 Å². The summed E-state index contributed by atoms with van der Waals surface area (Å²) in [6, 6.07) is 12.5. The fraction of sp³-hybridized carbons (Fsp3) is 0.409. The minimum Gasteiger partial charge on any atom is -0.465 e. The monoisotopic (exact) mass is 436 g/mol. The van der Waals surface area contributed by atoms with Crippen molar-refractivity contribution in [3.63, 3.8) is 0 Å². The molecule has 8 heteroatoms. The van der Waals surface area contributed by atoms with E-state index in [-0.39, 0.29) is 16.2 Å². The molecule has 0 saturated carbocycles. The van der Waals surface area contributed by atoms with E-state index >= 15 is 0 Å². The van der Waals surface area contributed by atoms with Gasteiger partial charge in [-0.3, -0.25) is 0 Å². The third-order valence-electron chi connectivity index (χ3n) is 4.06. The van der Waals surface area contributed by atoms with Gasteiger partial charge < -0.3 is 14.8 Å². The summed E-state index contributed by atoms with van der Waals surface area (Å²) in [7, 11) is -2.85. The number of nitrogens with one attached hydrogen (secondary N) is 1. The van der Waals surface area contributed by atoms with E-state index in [0.29, 0.717) is 5.75 Å². The molecule has 0 aliphatic carbocycles. The van der Waals surface area contributed by atoms with Crippen molar-refractivity contribution in [1.29, 1.82) is 0 Å². The van der Waals surface area contributed by atoms with Crippen molar-refractivity contribution in [2.24, 2.45) is 5.14 Å². The maximum atomic E-state index is 11.7. The van der Waals surface area contributed by atoms with E-state index in [1.54, 1.807) is 30.3 Å². The van der Waals surface area contributed by atoms with Crippen molar-refractivity contribution >= 4 is 16.0 Å². The second kappa shape index (κ2) is 13.7. The summed E-state index contributed by atoms with van der Waals surface area (Å²) in [5.41, 5.74) is 0.0712. The van der Waals surface area contributed by atoms with Crippen molar-refractivity contribution in [3.05, 3.63) is 54.1 Å². The van der Waals surface area contributed by atoms with Crippen molar-refractivity contribution in [2.45, 2.75) is 44.4 Å². The van der Waals surface area contributed by atoms with Crippen LogP contribution in [0.4, 0.5) is 0 Å². The summed E-state index contributed by atoms with van der Waals surface area (Å²) in [5.74, 6) is -0.171. The number of ether oxygens (including phenoxy) is 2. The maximum absolute atomic E-state index is 11.7. The number of methoxy groups -OCH3 is 1. The van der Waals surface area contributed by atoms with Gasteiger partial charge in [0.25, 0.3) is 0 Å². The van der Waals surface area contributed by atoms with E-state index in [4.69, 9.17) is 9.88 Å². The van der Waals surface area contributed by atoms with E-state index in [9.17, 15) is 13.2 Å². The normalized spacial score (nSPS) is 10.7. The highest BCUT2D eigenvalue weighted by Crippen LogP contribution is 2.29. The van der Waals surface area contributed by atoms with Gasteiger partial charge in [0.05, 0.1) is 12.7 Å². The lowest BCUT2D eigenvalue weighted by Crippen LogP contribution is -2.15. The number of esters is 1. The molecule has 0 atom stereocenters. The fourth-order valence-corrected chi connectivity index (χ4v) is 3.08. The summed E-state index contributed by atoms with van der Waals surface area (Å²) < 4.78 is 33.3. The predicted molar refractivity (Wildman–Crippen MR) is 118 cm³/mol. The zero-order chi connectivity index (χ0) is 22.4. The standard InChI is InChI=1S/C14H13NO5S.C8H19N/c1-19-14(16)10-7-8-12(13(9-10)21(15,17)18)20-11-5-3-2-4-6-11;1-3-5-7-9-8-6-4-2/h2-9H,1H3,(H2,15,17,18);9H,3-8H2,1-2H3. The first kappa shape index (κ1) is 25.6. The van der Waals surface area contributed by atoms with E-state index in [0.717, 1.165) is 6.07 Å². The Morgan fingerprint density at radius 3 is 2.10 bits per heavy atom. The minimum absolute atomic E-state index is 0.0383. The number of sulfonamides is 1. The summed E-state index contributed by atoms with van der Waals surface area (Å²) in [6.45, 7) is 6.86. The Kier molecular flexibility index (Phi) is 11.7. The van der Waals surface area contributed by atoms with Gasteiger partial charge in [-0.25, -0.2) is 18.4 Å². The van der Waals surface area contributed by atoms with E-state index in [1.807, 2.05) is 0 Å². The highest BCUT2D eigenvalue weighted by molar-refractivity contribution is 7.89. The molecule has 30 heavy (non-hydrogen) atoms. The lowest BCUT2D eigenvalue weighted by Gasteiger charge is -2.11. The van der Waals surface area contributed by atoms with Gasteiger partial charge >= 0.3 is 5.97 Å². The Morgan fingerprint density at radius 1 is 1.00 bits per heavy atom. The van der Waals surface area contributed by atoms with Crippen LogP contribution in [0, 0.1) is 0 Å². The van der Waals surface area contributed by atoms with Gasteiger partial charge in [0.2, 0.25) is 10.0 Å². The molecule has 7 nitrogen and oxygen atoms in total. The SMILES string of the molecule is CCCCNCCCC.COC(=O)c1ccc(Oc2ccccc2)c(S(N)(=O)=O)c1. The summed E-state index contributed by atoms with van der Waals surface area (Å²) >= 11 is 0. The van der Waals surface area contributed by atoms with Crippen LogP contribution < -0.4 is 15.2 Å². The number of hydrogen-bond acceptors (Lipinski definition) is 6. The molecule has 0 aliphatic heterocycles. The van der Waals surface area contributed by atoms with Crippen LogP contribution in [0.1, 0.15) is 49.9 Å². The number of benzene rings is 2. The minimum atomic E-state index is -4.05. The molecule has 3 N–H and O–H groups in total. The van der Waals surface area contributed by atoms with Crippen LogP contribution in [-0.4, -0.2) is 34.6 Å². The van der Waals surface area contributed by atoms with Gasteiger partial charge in [0.15, 0.2) is 0 Å². The van der Waals surface area contributed by atoms with E-state index < -0.39 is 16.0 Å². The topological polar surface area (TPSA) is 108 Å². The number of nitrogens with two attached hydrogens (primary N) is 1. The molecule has 0 aromatic heterocycles. The Bertz CT molecular complexity index is 864. The molecular formula is C22H32N2O5S. The predicted octanol–water partition coefficient (Wildman–Crippen LogP) is 4.09. The molecule has 0 saturated heterocycles. The number of carbonyl (C=O) groups excluding carboxylic acids is 1. The fourth-order valence-electron chi connectivity index (χ4n) is 2.40. The van der Waals surface area contributed by atoms with Crippen LogP contribution >= 0.6 is 0 Å². The highest BCUT2D eigenvalue weighted by atomic mass is 32.2. The number of para-hydroxylation sites is 1. The first-order valence-electron chi connectivity index (χ1n) is 10.0. The van der Waals surface area contributed by atoms with Crippen LogP contribution in [0.3, 0.4) is 0 Å². The first-order valence-corrected chi connectivity index (χ1v) is 11.6. The van der Waals surface area contributed by atoms with Crippen LogP contribution in [-0.2, 0) is 14.8 Å². The van der Waals surface area contributed by atoms with Gasteiger partial charge in [-0.2, -0.15) is 0 Å². The summed E-state index contributed by atoms with van der Waals surface area (Å²) in [6.07, 6.45) is 5.26. The molecule has 0 radical (unpaired) electrons.